The predicted octanol–water partition coefficient (Wildman–Crippen LogP) is 3.53. The second-order valence-electron chi connectivity index (χ2n) is 7.33. The minimum Gasteiger partial charge on any atom is -0.508 e. The first-order valence-corrected chi connectivity index (χ1v) is 10.3. The van der Waals surface area contributed by atoms with Crippen LogP contribution < -0.4 is 20.1 Å². The first kappa shape index (κ1) is 25.1. The van der Waals surface area contributed by atoms with Gasteiger partial charge in [-0.2, -0.15) is 0 Å². The Hall–Kier alpha value is -2.20. The predicted molar refractivity (Wildman–Crippen MR) is 135 cm³/mol. The number of phenols is 1. The number of hydrogen-bond donors (Lipinski definition) is 3. The van der Waals surface area contributed by atoms with Crippen molar-refractivity contribution in [1.29, 1.82) is 0 Å². The molecule has 2 aromatic rings. The second kappa shape index (κ2) is 12.6. The van der Waals surface area contributed by atoms with E-state index in [2.05, 4.69) is 32.7 Å². The lowest BCUT2D eigenvalue weighted by Gasteiger charge is -2.29. The van der Waals surface area contributed by atoms with Gasteiger partial charge in [0.25, 0.3) is 0 Å². The number of benzene rings is 2. The van der Waals surface area contributed by atoms with Crippen molar-refractivity contribution in [1.82, 2.24) is 15.5 Å². The van der Waals surface area contributed by atoms with E-state index in [0.717, 1.165) is 30.9 Å². The molecule has 1 aliphatic heterocycles. The molecule has 1 fully saturated rings. The summed E-state index contributed by atoms with van der Waals surface area (Å²) in [6.07, 6.45) is 2.46. The van der Waals surface area contributed by atoms with Crippen molar-refractivity contribution in [2.75, 3.05) is 40.9 Å². The van der Waals surface area contributed by atoms with E-state index in [1.807, 2.05) is 18.2 Å². The summed E-state index contributed by atoms with van der Waals surface area (Å²) < 4.78 is 10.5. The van der Waals surface area contributed by atoms with Crippen LogP contribution in [-0.2, 0) is 6.54 Å². The third kappa shape index (κ3) is 6.90. The van der Waals surface area contributed by atoms with Gasteiger partial charge in [0.05, 0.1) is 20.3 Å². The summed E-state index contributed by atoms with van der Waals surface area (Å²) in [5, 5.41) is 16.8. The molecule has 8 heteroatoms. The van der Waals surface area contributed by atoms with Crippen LogP contribution in [0.5, 0.6) is 17.2 Å². The topological polar surface area (TPSA) is 78.4 Å². The van der Waals surface area contributed by atoms with Crippen molar-refractivity contribution in [2.24, 2.45) is 4.99 Å². The molecule has 0 bridgehead atoms. The zero-order chi connectivity index (χ0) is 21.3. The summed E-state index contributed by atoms with van der Waals surface area (Å²) in [4.78, 5) is 6.85. The van der Waals surface area contributed by atoms with Crippen LogP contribution in [0.3, 0.4) is 0 Å². The maximum Gasteiger partial charge on any atom is 0.191 e. The summed E-state index contributed by atoms with van der Waals surface area (Å²) in [5.74, 6) is 2.49. The molecule has 31 heavy (non-hydrogen) atoms. The quantitative estimate of drug-likeness (QED) is 0.270. The highest BCUT2D eigenvalue weighted by molar-refractivity contribution is 14.0. The van der Waals surface area contributed by atoms with E-state index in [-0.39, 0.29) is 35.8 Å². The standard InChI is InChI=1S/C23H32N4O3.HI/c1-24-23(25-15-18-14-20(30-3)10-11-22(18)28)26-16-21(27-12-4-5-13-27)17-6-8-19(29-2)9-7-17;/h6-11,14,21,28H,4-5,12-13,15-16H2,1-3H3,(H2,24,25,26);1H. The fraction of sp³-hybridized carbons (Fsp3) is 0.435. The summed E-state index contributed by atoms with van der Waals surface area (Å²) >= 11 is 0. The highest BCUT2D eigenvalue weighted by atomic mass is 127. The van der Waals surface area contributed by atoms with Gasteiger partial charge in [0.2, 0.25) is 0 Å². The highest BCUT2D eigenvalue weighted by Crippen LogP contribution is 2.26. The van der Waals surface area contributed by atoms with Crippen LogP contribution in [0.1, 0.15) is 30.0 Å². The van der Waals surface area contributed by atoms with Crippen molar-refractivity contribution in [3.05, 3.63) is 53.6 Å². The SMILES string of the molecule is CN=C(NCc1cc(OC)ccc1O)NCC(c1ccc(OC)cc1)N1CCCC1.I. The second-order valence-corrected chi connectivity index (χ2v) is 7.33. The largest absolute Gasteiger partial charge is 0.508 e. The van der Waals surface area contributed by atoms with Crippen molar-refractivity contribution >= 4 is 29.9 Å². The van der Waals surface area contributed by atoms with Crippen LogP contribution >= 0.6 is 24.0 Å². The molecule has 1 aliphatic rings. The number of phenolic OH excluding ortho intramolecular Hbond substituents is 1. The number of aromatic hydroxyl groups is 1. The maximum atomic E-state index is 10.1. The molecule has 1 unspecified atom stereocenters. The molecule has 0 radical (unpaired) electrons. The number of ether oxygens (including phenoxy) is 2. The van der Waals surface area contributed by atoms with E-state index in [1.54, 1.807) is 33.4 Å². The Labute approximate surface area is 201 Å². The minimum atomic E-state index is 0. The molecule has 3 rings (SSSR count). The number of hydrogen-bond acceptors (Lipinski definition) is 5. The van der Waals surface area contributed by atoms with E-state index in [1.165, 1.54) is 18.4 Å². The molecule has 2 aromatic carbocycles. The van der Waals surface area contributed by atoms with Gasteiger partial charge < -0.3 is 25.2 Å². The maximum absolute atomic E-state index is 10.1. The lowest BCUT2D eigenvalue weighted by Crippen LogP contribution is -2.42. The van der Waals surface area contributed by atoms with E-state index in [0.29, 0.717) is 18.3 Å². The highest BCUT2D eigenvalue weighted by Gasteiger charge is 2.23. The van der Waals surface area contributed by atoms with Gasteiger partial charge in [-0.15, -0.1) is 24.0 Å². The molecule has 1 heterocycles. The monoisotopic (exact) mass is 540 g/mol. The Morgan fingerprint density at radius 2 is 1.68 bits per heavy atom. The molecule has 7 nitrogen and oxygen atoms in total. The first-order chi connectivity index (χ1) is 14.6. The van der Waals surface area contributed by atoms with Gasteiger partial charge in [0, 0.05) is 25.7 Å². The van der Waals surface area contributed by atoms with Crippen molar-refractivity contribution in [3.8, 4) is 17.2 Å². The molecule has 0 aromatic heterocycles. The molecule has 1 atom stereocenters. The van der Waals surface area contributed by atoms with Crippen LogP contribution in [0.15, 0.2) is 47.5 Å². The number of guanidine groups is 1. The molecular weight excluding hydrogens is 507 g/mol. The Balaban J connectivity index is 0.00000341. The molecule has 1 saturated heterocycles. The van der Waals surface area contributed by atoms with Crippen LogP contribution in [0.4, 0.5) is 0 Å². The van der Waals surface area contributed by atoms with Crippen LogP contribution in [0.2, 0.25) is 0 Å². The normalized spacial score (nSPS) is 15.1. The average molecular weight is 540 g/mol. The first-order valence-electron chi connectivity index (χ1n) is 10.3. The molecule has 0 aliphatic carbocycles. The van der Waals surface area contributed by atoms with Crippen LogP contribution in [0, 0.1) is 0 Å². The van der Waals surface area contributed by atoms with E-state index >= 15 is 0 Å². The molecule has 0 amide bonds. The fourth-order valence-electron chi connectivity index (χ4n) is 3.76. The molecular formula is C23H33IN4O3. The molecule has 0 saturated carbocycles. The van der Waals surface area contributed by atoms with Gasteiger partial charge in [0.15, 0.2) is 5.96 Å². The number of halogens is 1. The van der Waals surface area contributed by atoms with Crippen molar-refractivity contribution in [3.63, 3.8) is 0 Å². The molecule has 170 valence electrons. The summed E-state index contributed by atoms with van der Waals surface area (Å²) in [6, 6.07) is 13.7. The summed E-state index contributed by atoms with van der Waals surface area (Å²) in [7, 11) is 5.05. The Morgan fingerprint density at radius 3 is 2.29 bits per heavy atom. The Bertz CT molecular complexity index is 839. The Kier molecular flexibility index (Phi) is 10.2. The van der Waals surface area contributed by atoms with Gasteiger partial charge in [-0.05, 0) is 61.8 Å². The van der Waals surface area contributed by atoms with Crippen molar-refractivity contribution < 1.29 is 14.6 Å². The summed E-state index contributed by atoms with van der Waals surface area (Å²) in [6.45, 7) is 3.37. The third-order valence-electron chi connectivity index (χ3n) is 5.50. The van der Waals surface area contributed by atoms with Gasteiger partial charge in [-0.3, -0.25) is 9.89 Å². The fourth-order valence-corrected chi connectivity index (χ4v) is 3.76. The van der Waals surface area contributed by atoms with Gasteiger partial charge in [-0.1, -0.05) is 12.1 Å². The van der Waals surface area contributed by atoms with E-state index < -0.39 is 0 Å². The van der Waals surface area contributed by atoms with Gasteiger partial charge in [-0.25, -0.2) is 0 Å². The number of nitrogens with one attached hydrogen (secondary N) is 2. The number of rotatable bonds is 8. The average Bonchev–Trinajstić information content (AvgIpc) is 3.32. The van der Waals surface area contributed by atoms with Gasteiger partial charge >= 0.3 is 0 Å². The van der Waals surface area contributed by atoms with E-state index in [9.17, 15) is 5.11 Å². The molecule has 0 spiro atoms. The smallest absolute Gasteiger partial charge is 0.191 e. The lowest BCUT2D eigenvalue weighted by atomic mass is 10.1. The zero-order valence-corrected chi connectivity index (χ0v) is 20.8. The number of methoxy groups -OCH3 is 2. The number of nitrogens with zero attached hydrogens (tertiary/aromatic N) is 2. The lowest BCUT2D eigenvalue weighted by molar-refractivity contribution is 0.245. The number of aliphatic imine (C=N–C) groups is 1. The van der Waals surface area contributed by atoms with Gasteiger partial charge in [0.1, 0.15) is 17.2 Å². The van der Waals surface area contributed by atoms with Crippen molar-refractivity contribution in [2.45, 2.75) is 25.4 Å². The zero-order valence-electron chi connectivity index (χ0n) is 18.4. The minimum absolute atomic E-state index is 0. The van der Waals surface area contributed by atoms with Crippen LogP contribution in [0.25, 0.3) is 0 Å². The third-order valence-corrected chi connectivity index (χ3v) is 5.50. The summed E-state index contributed by atoms with van der Waals surface area (Å²) in [5.41, 5.74) is 2.01. The van der Waals surface area contributed by atoms with E-state index in [4.69, 9.17) is 9.47 Å². The van der Waals surface area contributed by atoms with Crippen LogP contribution in [-0.4, -0.2) is 56.9 Å². The molecule has 3 N–H and O–H groups in total. The Morgan fingerprint density at radius 1 is 1.03 bits per heavy atom. The number of likely N-dealkylation sites (tertiary alicyclic amines) is 1.